The van der Waals surface area contributed by atoms with Crippen LogP contribution in [0.2, 0.25) is 0 Å². The molecule has 7 heteroatoms. The van der Waals surface area contributed by atoms with Crippen LogP contribution in [0.25, 0.3) is 0 Å². The number of carbonyl (C=O) groups is 1. The van der Waals surface area contributed by atoms with Crippen molar-refractivity contribution < 1.29 is 23.7 Å². The average Bonchev–Trinajstić information content (AvgIpc) is 2.66. The van der Waals surface area contributed by atoms with Crippen molar-refractivity contribution in [2.45, 2.75) is 0 Å². The number of methoxy groups -OCH3 is 4. The number of hydrazone groups is 1. The summed E-state index contributed by atoms with van der Waals surface area (Å²) < 4.78 is 20.9. The normalized spacial score (nSPS) is 10.4. The summed E-state index contributed by atoms with van der Waals surface area (Å²) in [5.41, 5.74) is 3.48. The number of nitrogens with one attached hydrogen (secondary N) is 1. The number of para-hydroxylation sites is 1. The molecule has 0 radical (unpaired) electrons. The van der Waals surface area contributed by atoms with E-state index in [4.69, 9.17) is 18.9 Å². The van der Waals surface area contributed by atoms with Crippen molar-refractivity contribution in [2.24, 2.45) is 5.10 Å². The first-order chi connectivity index (χ1) is 12.1. The van der Waals surface area contributed by atoms with Gasteiger partial charge in [0.25, 0.3) is 5.91 Å². The standard InChI is InChI=1S/C18H20N2O5/c1-22-13-8-9-14(16(10-13)24-3)18(21)20-19-11-12-6-5-7-15(23-2)17(12)25-4/h5-11H,1-4H3,(H,20,21). The van der Waals surface area contributed by atoms with Gasteiger partial charge in [0.05, 0.1) is 40.2 Å². The second kappa shape index (κ2) is 8.58. The Morgan fingerprint density at radius 2 is 1.72 bits per heavy atom. The number of amides is 1. The molecule has 0 aromatic heterocycles. The second-order valence-corrected chi connectivity index (χ2v) is 4.85. The molecule has 0 atom stereocenters. The van der Waals surface area contributed by atoms with Crippen molar-refractivity contribution in [1.29, 1.82) is 0 Å². The maximum atomic E-state index is 12.3. The molecule has 0 saturated carbocycles. The van der Waals surface area contributed by atoms with Gasteiger partial charge in [0, 0.05) is 11.6 Å². The molecule has 2 aromatic carbocycles. The zero-order valence-electron chi connectivity index (χ0n) is 14.5. The van der Waals surface area contributed by atoms with Gasteiger partial charge in [-0.2, -0.15) is 5.10 Å². The molecule has 132 valence electrons. The van der Waals surface area contributed by atoms with E-state index in [-0.39, 0.29) is 0 Å². The fraction of sp³-hybridized carbons (Fsp3) is 0.222. The van der Waals surface area contributed by atoms with Crippen LogP contribution in [0.1, 0.15) is 15.9 Å². The molecule has 0 unspecified atom stereocenters. The van der Waals surface area contributed by atoms with Crippen LogP contribution in [-0.2, 0) is 0 Å². The quantitative estimate of drug-likeness (QED) is 0.617. The van der Waals surface area contributed by atoms with Gasteiger partial charge in [-0.25, -0.2) is 5.43 Å². The van der Waals surface area contributed by atoms with Crippen molar-refractivity contribution in [3.8, 4) is 23.0 Å². The number of benzene rings is 2. The van der Waals surface area contributed by atoms with Gasteiger partial charge in [0.2, 0.25) is 0 Å². The Balaban J connectivity index is 2.16. The highest BCUT2D eigenvalue weighted by molar-refractivity contribution is 5.97. The van der Waals surface area contributed by atoms with E-state index in [1.165, 1.54) is 20.4 Å². The summed E-state index contributed by atoms with van der Waals surface area (Å²) in [6.07, 6.45) is 1.48. The Morgan fingerprint density at radius 1 is 0.960 bits per heavy atom. The molecular weight excluding hydrogens is 324 g/mol. The highest BCUT2D eigenvalue weighted by Gasteiger charge is 2.13. The van der Waals surface area contributed by atoms with E-state index in [0.717, 1.165) is 0 Å². The SMILES string of the molecule is COc1ccc(C(=O)NN=Cc2cccc(OC)c2OC)c(OC)c1. The predicted octanol–water partition coefficient (Wildman–Crippen LogP) is 2.48. The Kier molecular flexibility index (Phi) is 6.22. The molecule has 0 fully saturated rings. The smallest absolute Gasteiger partial charge is 0.275 e. The van der Waals surface area contributed by atoms with Crippen molar-refractivity contribution in [3.63, 3.8) is 0 Å². The van der Waals surface area contributed by atoms with Gasteiger partial charge in [-0.3, -0.25) is 4.79 Å². The molecule has 2 rings (SSSR count). The van der Waals surface area contributed by atoms with E-state index in [1.807, 2.05) is 0 Å². The van der Waals surface area contributed by atoms with E-state index in [9.17, 15) is 4.79 Å². The Morgan fingerprint density at radius 3 is 2.36 bits per heavy atom. The molecule has 25 heavy (non-hydrogen) atoms. The Hall–Kier alpha value is -3.22. The summed E-state index contributed by atoms with van der Waals surface area (Å²) in [7, 11) is 6.11. The number of rotatable bonds is 7. The predicted molar refractivity (Wildman–Crippen MR) is 94.2 cm³/mol. The van der Waals surface area contributed by atoms with Gasteiger partial charge < -0.3 is 18.9 Å². The topological polar surface area (TPSA) is 78.4 Å². The average molecular weight is 344 g/mol. The molecule has 1 N–H and O–H groups in total. The molecule has 0 saturated heterocycles. The van der Waals surface area contributed by atoms with E-state index >= 15 is 0 Å². The van der Waals surface area contributed by atoms with Gasteiger partial charge in [-0.1, -0.05) is 6.07 Å². The third-order valence-electron chi connectivity index (χ3n) is 3.46. The maximum Gasteiger partial charge on any atom is 0.275 e. The third kappa shape index (κ3) is 4.20. The maximum absolute atomic E-state index is 12.3. The zero-order chi connectivity index (χ0) is 18.2. The van der Waals surface area contributed by atoms with Crippen LogP contribution >= 0.6 is 0 Å². The lowest BCUT2D eigenvalue weighted by Gasteiger charge is -2.10. The molecule has 0 aliphatic heterocycles. The monoisotopic (exact) mass is 344 g/mol. The molecule has 0 heterocycles. The first-order valence-corrected chi connectivity index (χ1v) is 7.41. The van der Waals surface area contributed by atoms with Crippen molar-refractivity contribution in [3.05, 3.63) is 47.5 Å². The summed E-state index contributed by atoms with van der Waals surface area (Å²) in [6, 6.07) is 10.3. The Bertz CT molecular complexity index is 774. The van der Waals surface area contributed by atoms with E-state index < -0.39 is 5.91 Å². The van der Waals surface area contributed by atoms with Crippen molar-refractivity contribution >= 4 is 12.1 Å². The van der Waals surface area contributed by atoms with E-state index in [0.29, 0.717) is 34.1 Å². The van der Waals surface area contributed by atoms with E-state index in [2.05, 4.69) is 10.5 Å². The van der Waals surface area contributed by atoms with Crippen LogP contribution in [0.15, 0.2) is 41.5 Å². The van der Waals surface area contributed by atoms with Crippen LogP contribution in [-0.4, -0.2) is 40.6 Å². The fourth-order valence-corrected chi connectivity index (χ4v) is 2.22. The van der Waals surface area contributed by atoms with Crippen LogP contribution in [0.3, 0.4) is 0 Å². The van der Waals surface area contributed by atoms with Gasteiger partial charge in [-0.05, 0) is 24.3 Å². The number of hydrogen-bond acceptors (Lipinski definition) is 6. The minimum Gasteiger partial charge on any atom is -0.497 e. The molecule has 1 amide bonds. The van der Waals surface area contributed by atoms with Crippen LogP contribution in [0.4, 0.5) is 0 Å². The molecule has 7 nitrogen and oxygen atoms in total. The number of hydrogen-bond donors (Lipinski definition) is 1. The van der Waals surface area contributed by atoms with Crippen LogP contribution in [0.5, 0.6) is 23.0 Å². The highest BCUT2D eigenvalue weighted by Crippen LogP contribution is 2.29. The summed E-state index contributed by atoms with van der Waals surface area (Å²) in [4.78, 5) is 12.3. The number of ether oxygens (including phenoxy) is 4. The lowest BCUT2D eigenvalue weighted by atomic mass is 10.2. The molecule has 0 bridgehead atoms. The van der Waals surface area contributed by atoms with Gasteiger partial charge >= 0.3 is 0 Å². The molecule has 2 aromatic rings. The highest BCUT2D eigenvalue weighted by atomic mass is 16.5. The summed E-state index contributed by atoms with van der Waals surface area (Å²) in [5.74, 6) is 1.70. The summed E-state index contributed by atoms with van der Waals surface area (Å²) in [5, 5.41) is 3.97. The first-order valence-electron chi connectivity index (χ1n) is 7.41. The molecular formula is C18H20N2O5. The van der Waals surface area contributed by atoms with Crippen molar-refractivity contribution in [2.75, 3.05) is 28.4 Å². The third-order valence-corrected chi connectivity index (χ3v) is 3.46. The van der Waals surface area contributed by atoms with Gasteiger partial charge in [-0.15, -0.1) is 0 Å². The first kappa shape index (κ1) is 18.1. The Labute approximate surface area is 146 Å². The largest absolute Gasteiger partial charge is 0.497 e. The molecule has 0 spiro atoms. The fourth-order valence-electron chi connectivity index (χ4n) is 2.22. The summed E-state index contributed by atoms with van der Waals surface area (Å²) >= 11 is 0. The van der Waals surface area contributed by atoms with Crippen molar-refractivity contribution in [1.82, 2.24) is 5.43 Å². The number of nitrogens with zero attached hydrogens (tertiary/aromatic N) is 1. The molecule has 0 aliphatic rings. The lowest BCUT2D eigenvalue weighted by molar-refractivity contribution is 0.0952. The van der Waals surface area contributed by atoms with Gasteiger partial charge in [0.1, 0.15) is 11.5 Å². The van der Waals surface area contributed by atoms with Crippen LogP contribution < -0.4 is 24.4 Å². The number of carbonyl (C=O) groups excluding carboxylic acids is 1. The summed E-state index contributed by atoms with van der Waals surface area (Å²) in [6.45, 7) is 0. The van der Waals surface area contributed by atoms with E-state index in [1.54, 1.807) is 50.6 Å². The minimum absolute atomic E-state index is 0.345. The van der Waals surface area contributed by atoms with Gasteiger partial charge in [0.15, 0.2) is 11.5 Å². The second-order valence-electron chi connectivity index (χ2n) is 4.85. The van der Waals surface area contributed by atoms with Crippen LogP contribution in [0, 0.1) is 0 Å². The minimum atomic E-state index is -0.405. The molecule has 0 aliphatic carbocycles. The lowest BCUT2D eigenvalue weighted by Crippen LogP contribution is -2.18. The zero-order valence-corrected chi connectivity index (χ0v) is 14.5.